The molecule has 0 aliphatic carbocycles. The van der Waals surface area contributed by atoms with Gasteiger partial charge in [0.15, 0.2) is 6.61 Å². The number of ether oxygens (including phenoxy) is 1. The predicted octanol–water partition coefficient (Wildman–Crippen LogP) is 6.54. The summed E-state index contributed by atoms with van der Waals surface area (Å²) in [6, 6.07) is 17.0. The molecule has 0 spiro atoms. The lowest BCUT2D eigenvalue weighted by Crippen LogP contribution is -2.20. The van der Waals surface area contributed by atoms with Crippen LogP contribution in [0.25, 0.3) is 31.7 Å². The Kier molecular flexibility index (Phi) is 5.85. The molecule has 0 radical (unpaired) electrons. The lowest BCUT2D eigenvalue weighted by Gasteiger charge is -2.09. The smallest absolute Gasteiger partial charge is 0.262 e. The van der Waals surface area contributed by atoms with E-state index in [9.17, 15) is 4.79 Å². The third-order valence-electron chi connectivity index (χ3n) is 4.92. The van der Waals surface area contributed by atoms with Crippen LogP contribution < -0.4 is 10.1 Å². The summed E-state index contributed by atoms with van der Waals surface area (Å²) >= 11 is 13.9. The molecule has 3 aromatic carbocycles. The first kappa shape index (κ1) is 21.6. The minimum Gasteiger partial charge on any atom is -0.467 e. The largest absolute Gasteiger partial charge is 0.467 e. The van der Waals surface area contributed by atoms with Crippen LogP contribution in [0.3, 0.4) is 0 Å². The molecule has 5 rings (SSSR count). The van der Waals surface area contributed by atoms with Crippen molar-refractivity contribution in [2.75, 3.05) is 11.9 Å². The molecule has 1 amide bonds. The van der Waals surface area contributed by atoms with Crippen LogP contribution in [0.15, 0.2) is 60.9 Å². The molecule has 0 atom stereocenters. The zero-order chi connectivity index (χ0) is 22.9. The van der Waals surface area contributed by atoms with Crippen LogP contribution in [0.5, 0.6) is 5.88 Å². The Morgan fingerprint density at radius 2 is 1.88 bits per heavy atom. The molecular weight excluding hydrogens is 479 g/mol. The normalized spacial score (nSPS) is 11.1. The summed E-state index contributed by atoms with van der Waals surface area (Å²) < 4.78 is 6.76. The van der Waals surface area contributed by atoms with Gasteiger partial charge in [-0.1, -0.05) is 29.3 Å². The van der Waals surface area contributed by atoms with Crippen LogP contribution in [0, 0.1) is 6.92 Å². The molecular formula is C24H16Cl2N4O2S. The average Bonchev–Trinajstić information content (AvgIpc) is 3.21. The predicted molar refractivity (Wildman–Crippen MR) is 133 cm³/mol. The van der Waals surface area contributed by atoms with Crippen LogP contribution in [0.2, 0.25) is 10.0 Å². The highest BCUT2D eigenvalue weighted by atomic mass is 35.5. The number of hydrogen-bond donors (Lipinski definition) is 1. The van der Waals surface area contributed by atoms with E-state index in [1.807, 2.05) is 30.3 Å². The topological polar surface area (TPSA) is 77.0 Å². The summed E-state index contributed by atoms with van der Waals surface area (Å²) in [5.74, 6) is -0.0842. The van der Waals surface area contributed by atoms with Gasteiger partial charge in [-0.2, -0.15) is 0 Å². The number of fused-ring (bicyclic) bond motifs is 2. The van der Waals surface area contributed by atoms with Gasteiger partial charge in [-0.25, -0.2) is 15.0 Å². The maximum atomic E-state index is 12.4. The van der Waals surface area contributed by atoms with Crippen LogP contribution in [-0.2, 0) is 4.79 Å². The Hall–Kier alpha value is -3.26. The van der Waals surface area contributed by atoms with Crippen LogP contribution in [0.1, 0.15) is 5.56 Å². The molecule has 2 aromatic heterocycles. The van der Waals surface area contributed by atoms with Gasteiger partial charge in [0.05, 0.1) is 26.1 Å². The maximum absolute atomic E-state index is 12.4. The monoisotopic (exact) mass is 494 g/mol. The van der Waals surface area contributed by atoms with Crippen LogP contribution >= 0.6 is 34.5 Å². The molecule has 0 bridgehead atoms. The number of hydrogen-bond acceptors (Lipinski definition) is 6. The fourth-order valence-corrected chi connectivity index (χ4v) is 4.98. The quantitative estimate of drug-likeness (QED) is 0.300. The first-order valence-corrected chi connectivity index (χ1v) is 11.5. The summed E-state index contributed by atoms with van der Waals surface area (Å²) in [6.07, 6.45) is 1.33. The van der Waals surface area contributed by atoms with Gasteiger partial charge in [0, 0.05) is 16.3 Å². The molecule has 6 nitrogen and oxygen atoms in total. The second-order valence-corrected chi connectivity index (χ2v) is 9.24. The first-order valence-electron chi connectivity index (χ1n) is 9.96. The van der Waals surface area contributed by atoms with Crippen molar-refractivity contribution in [2.24, 2.45) is 0 Å². The first-order chi connectivity index (χ1) is 16.0. The SMILES string of the molecule is Cc1ccc2nc(-c3ccc(NC(=O)COc4ncnc5c(Cl)cc(Cl)cc45)cc3)sc2c1. The Labute approximate surface area is 203 Å². The van der Waals surface area contributed by atoms with Gasteiger partial charge >= 0.3 is 0 Å². The fourth-order valence-electron chi connectivity index (χ4n) is 3.37. The highest BCUT2D eigenvalue weighted by molar-refractivity contribution is 7.21. The minimum absolute atomic E-state index is 0.227. The third-order valence-corrected chi connectivity index (χ3v) is 6.49. The number of nitrogens with one attached hydrogen (secondary N) is 1. The van der Waals surface area contributed by atoms with Crippen molar-refractivity contribution in [1.82, 2.24) is 15.0 Å². The number of anilines is 1. The number of rotatable bonds is 5. The Bertz CT molecular complexity index is 1500. The second kappa shape index (κ2) is 8.94. The lowest BCUT2D eigenvalue weighted by molar-refractivity contribution is -0.118. The molecule has 5 aromatic rings. The van der Waals surface area contributed by atoms with E-state index in [0.29, 0.717) is 26.6 Å². The van der Waals surface area contributed by atoms with Crippen molar-refractivity contribution < 1.29 is 9.53 Å². The molecule has 0 aliphatic heterocycles. The zero-order valence-corrected chi connectivity index (χ0v) is 19.6. The van der Waals surface area contributed by atoms with Crippen LogP contribution in [0.4, 0.5) is 5.69 Å². The van der Waals surface area contributed by atoms with Crippen molar-refractivity contribution in [3.63, 3.8) is 0 Å². The van der Waals surface area contributed by atoms with E-state index in [0.717, 1.165) is 20.8 Å². The minimum atomic E-state index is -0.321. The summed E-state index contributed by atoms with van der Waals surface area (Å²) in [5.41, 5.74) is 4.34. The molecule has 0 unspecified atom stereocenters. The third kappa shape index (κ3) is 4.61. The highest BCUT2D eigenvalue weighted by Crippen LogP contribution is 2.32. The van der Waals surface area contributed by atoms with E-state index in [1.165, 1.54) is 11.9 Å². The summed E-state index contributed by atoms with van der Waals surface area (Å²) in [4.78, 5) is 25.4. The number of amides is 1. The fraction of sp³-hybridized carbons (Fsp3) is 0.0833. The van der Waals surface area contributed by atoms with E-state index in [1.54, 1.807) is 23.5 Å². The van der Waals surface area contributed by atoms with Crippen molar-refractivity contribution in [2.45, 2.75) is 6.92 Å². The van der Waals surface area contributed by atoms with E-state index >= 15 is 0 Å². The van der Waals surface area contributed by atoms with Gasteiger partial charge < -0.3 is 10.1 Å². The van der Waals surface area contributed by atoms with Crippen molar-refractivity contribution in [3.05, 3.63) is 76.5 Å². The lowest BCUT2D eigenvalue weighted by atomic mass is 10.2. The number of aryl methyl sites for hydroxylation is 1. The molecule has 1 N–H and O–H groups in total. The van der Waals surface area contributed by atoms with Gasteiger partial charge in [0.1, 0.15) is 11.3 Å². The number of carbonyl (C=O) groups excluding carboxylic acids is 1. The number of halogens is 2. The molecule has 0 saturated carbocycles. The van der Waals surface area contributed by atoms with E-state index < -0.39 is 0 Å². The van der Waals surface area contributed by atoms with E-state index in [-0.39, 0.29) is 18.4 Å². The zero-order valence-electron chi connectivity index (χ0n) is 17.3. The summed E-state index contributed by atoms with van der Waals surface area (Å²) in [6.45, 7) is 1.84. The number of aromatic nitrogens is 3. The average molecular weight is 495 g/mol. The number of carbonyl (C=O) groups is 1. The van der Waals surface area contributed by atoms with Gasteiger partial charge in [-0.05, 0) is 61.0 Å². The second-order valence-electron chi connectivity index (χ2n) is 7.37. The Morgan fingerprint density at radius 1 is 1.06 bits per heavy atom. The van der Waals surface area contributed by atoms with E-state index in [4.69, 9.17) is 32.9 Å². The van der Waals surface area contributed by atoms with Crippen LogP contribution in [-0.4, -0.2) is 27.5 Å². The molecule has 9 heteroatoms. The molecule has 0 fully saturated rings. The molecule has 33 heavy (non-hydrogen) atoms. The van der Waals surface area contributed by atoms with E-state index in [2.05, 4.69) is 34.3 Å². The highest BCUT2D eigenvalue weighted by Gasteiger charge is 2.12. The van der Waals surface area contributed by atoms with Crippen molar-refractivity contribution in [3.8, 4) is 16.5 Å². The molecule has 0 aliphatic rings. The maximum Gasteiger partial charge on any atom is 0.262 e. The number of thiazole rings is 1. The van der Waals surface area contributed by atoms with Crippen molar-refractivity contribution in [1.29, 1.82) is 0 Å². The molecule has 164 valence electrons. The summed E-state index contributed by atoms with van der Waals surface area (Å²) in [7, 11) is 0. The van der Waals surface area contributed by atoms with Gasteiger partial charge in [0.25, 0.3) is 5.91 Å². The van der Waals surface area contributed by atoms with Gasteiger partial charge in [-0.15, -0.1) is 11.3 Å². The van der Waals surface area contributed by atoms with Gasteiger partial charge in [-0.3, -0.25) is 4.79 Å². The standard InChI is InChI=1S/C24H16Cl2N4O2S/c1-13-2-7-19-20(8-13)33-24(30-19)14-3-5-16(6-4-14)29-21(31)11-32-23-17-9-15(25)10-18(26)22(17)27-12-28-23/h2-10,12H,11H2,1H3,(H,29,31). The Morgan fingerprint density at radius 3 is 2.70 bits per heavy atom. The number of benzene rings is 3. The number of nitrogens with zero attached hydrogens (tertiary/aromatic N) is 3. The summed E-state index contributed by atoms with van der Waals surface area (Å²) in [5, 5.41) is 5.11. The molecule has 0 saturated heterocycles. The van der Waals surface area contributed by atoms with Gasteiger partial charge in [0.2, 0.25) is 5.88 Å². The Balaban J connectivity index is 1.26. The molecule has 2 heterocycles. The van der Waals surface area contributed by atoms with Crippen molar-refractivity contribution >= 4 is 67.3 Å².